The van der Waals surface area contributed by atoms with E-state index in [-0.39, 0.29) is 21.8 Å². The van der Waals surface area contributed by atoms with Gasteiger partial charge in [0.25, 0.3) is 0 Å². The second-order valence-electron chi connectivity index (χ2n) is 6.61. The van der Waals surface area contributed by atoms with Crippen molar-refractivity contribution in [2.75, 3.05) is 6.26 Å². The molecule has 0 aliphatic rings. The number of sulfone groups is 1. The number of nitrogens with zero attached hydrogens (tertiary/aromatic N) is 2. The minimum atomic E-state index is -5.04. The number of hydrogen-bond donors (Lipinski definition) is 1. The Kier molecular flexibility index (Phi) is 5.29. The Labute approximate surface area is 170 Å². The molecule has 12 heteroatoms. The molecule has 2 aromatic carbocycles. The van der Waals surface area contributed by atoms with Gasteiger partial charge < -0.3 is 0 Å². The number of halogens is 3. The minimum absolute atomic E-state index is 0.0263. The van der Waals surface area contributed by atoms with Gasteiger partial charge in [0.2, 0.25) is 10.0 Å². The number of aromatic nitrogens is 2. The van der Waals surface area contributed by atoms with Crippen LogP contribution in [0.25, 0.3) is 16.9 Å². The summed E-state index contributed by atoms with van der Waals surface area (Å²) in [7, 11) is -8.37. The van der Waals surface area contributed by atoms with Crippen molar-refractivity contribution >= 4 is 19.9 Å². The van der Waals surface area contributed by atoms with Crippen LogP contribution in [0.1, 0.15) is 11.3 Å². The summed E-state index contributed by atoms with van der Waals surface area (Å²) in [4.78, 5) is -1.22. The van der Waals surface area contributed by atoms with Crippen molar-refractivity contribution in [3.63, 3.8) is 0 Å². The second kappa shape index (κ2) is 7.22. The molecule has 0 atom stereocenters. The Morgan fingerprint density at radius 3 is 1.90 bits per heavy atom. The third-order valence-corrected chi connectivity index (χ3v) is 6.27. The highest BCUT2D eigenvalue weighted by Crippen LogP contribution is 2.40. The molecule has 0 radical (unpaired) electrons. The highest BCUT2D eigenvalue weighted by Gasteiger charge is 2.43. The molecule has 3 aromatic rings. The van der Waals surface area contributed by atoms with E-state index in [1.807, 2.05) is 0 Å². The predicted octanol–water partition coefficient (Wildman–Crippen LogP) is 2.92. The van der Waals surface area contributed by atoms with Crippen molar-refractivity contribution < 1.29 is 30.0 Å². The molecule has 0 unspecified atom stereocenters. The van der Waals surface area contributed by atoms with E-state index < -0.39 is 36.6 Å². The lowest BCUT2D eigenvalue weighted by atomic mass is 10.1. The maximum absolute atomic E-state index is 13.7. The predicted molar refractivity (Wildman–Crippen MR) is 103 cm³/mol. The van der Waals surface area contributed by atoms with Crippen molar-refractivity contribution in [3.8, 4) is 16.9 Å². The van der Waals surface area contributed by atoms with Crippen molar-refractivity contribution in [2.45, 2.75) is 22.9 Å². The summed E-state index contributed by atoms with van der Waals surface area (Å²) in [6.45, 7) is 1.77. The first-order valence-corrected chi connectivity index (χ1v) is 11.7. The van der Waals surface area contributed by atoms with Crippen molar-refractivity contribution in [1.82, 2.24) is 9.78 Å². The summed E-state index contributed by atoms with van der Waals surface area (Å²) in [5, 5.41) is 8.59. The third-order valence-electron chi connectivity index (χ3n) is 4.22. The van der Waals surface area contributed by atoms with Gasteiger partial charge in [-0.3, -0.25) is 0 Å². The van der Waals surface area contributed by atoms with Crippen LogP contribution in [0.4, 0.5) is 13.2 Å². The molecule has 0 spiro atoms. The largest absolute Gasteiger partial charge is 0.436 e. The smallest absolute Gasteiger partial charge is 0.231 e. The second-order valence-corrected chi connectivity index (χ2v) is 10.1. The van der Waals surface area contributed by atoms with Gasteiger partial charge in [-0.25, -0.2) is 26.7 Å². The van der Waals surface area contributed by atoms with E-state index >= 15 is 0 Å². The molecule has 1 aromatic heterocycles. The molecule has 1 heterocycles. The fourth-order valence-electron chi connectivity index (χ4n) is 2.87. The monoisotopic (exact) mass is 459 g/mol. The Morgan fingerprint density at radius 1 is 0.933 bits per heavy atom. The molecule has 7 nitrogen and oxygen atoms in total. The average molecular weight is 459 g/mol. The van der Waals surface area contributed by atoms with E-state index in [0.29, 0.717) is 6.26 Å². The van der Waals surface area contributed by atoms with Gasteiger partial charge in [0, 0.05) is 11.8 Å². The topological polar surface area (TPSA) is 112 Å². The maximum Gasteiger partial charge on any atom is 0.436 e. The highest BCUT2D eigenvalue weighted by atomic mass is 32.2. The molecule has 0 saturated heterocycles. The van der Waals surface area contributed by atoms with Gasteiger partial charge >= 0.3 is 6.18 Å². The Bertz CT molecular complexity index is 1310. The average Bonchev–Trinajstić information content (AvgIpc) is 3.03. The molecular weight excluding hydrogens is 443 g/mol. The quantitative estimate of drug-likeness (QED) is 0.645. The summed E-state index contributed by atoms with van der Waals surface area (Å²) in [6.07, 6.45) is -4.37. The molecular formula is C18H16F3N3O4S2. The normalized spacial score (nSPS) is 12.9. The van der Waals surface area contributed by atoms with E-state index in [2.05, 4.69) is 5.10 Å². The van der Waals surface area contributed by atoms with Crippen LogP contribution < -0.4 is 5.14 Å². The molecule has 0 bridgehead atoms. The molecule has 0 aliphatic carbocycles. The Morgan fingerprint density at radius 2 is 1.47 bits per heavy atom. The number of nitrogens with two attached hydrogens (primary N) is 1. The molecule has 0 saturated carbocycles. The van der Waals surface area contributed by atoms with Crippen LogP contribution in [0, 0.1) is 6.92 Å². The first kappa shape index (κ1) is 22.0. The number of aryl methyl sites for hydroxylation is 1. The maximum atomic E-state index is 13.7. The molecule has 0 aliphatic heterocycles. The van der Waals surface area contributed by atoms with Crippen LogP contribution in [-0.2, 0) is 26.0 Å². The van der Waals surface area contributed by atoms with Gasteiger partial charge in [0.1, 0.15) is 4.90 Å². The lowest BCUT2D eigenvalue weighted by molar-refractivity contribution is -0.143. The number of benzene rings is 2. The van der Waals surface area contributed by atoms with Crippen molar-refractivity contribution in [1.29, 1.82) is 0 Å². The fraction of sp³-hybridized carbons (Fsp3) is 0.167. The van der Waals surface area contributed by atoms with E-state index in [9.17, 15) is 30.0 Å². The summed E-state index contributed by atoms with van der Waals surface area (Å²) in [6, 6.07) is 10.8. The third kappa shape index (κ3) is 4.25. The van der Waals surface area contributed by atoms with Gasteiger partial charge in [0.15, 0.2) is 15.5 Å². The van der Waals surface area contributed by atoms with Gasteiger partial charge in [-0.05, 0) is 31.2 Å². The molecule has 30 heavy (non-hydrogen) atoms. The van der Waals surface area contributed by atoms with E-state index in [1.54, 1.807) is 19.1 Å². The summed E-state index contributed by atoms with van der Waals surface area (Å²) < 4.78 is 89.4. The number of primary sulfonamides is 1. The Balaban J connectivity index is 2.40. The zero-order valence-electron chi connectivity index (χ0n) is 15.7. The van der Waals surface area contributed by atoms with E-state index in [1.165, 1.54) is 24.3 Å². The molecule has 3 rings (SSSR count). The van der Waals surface area contributed by atoms with Crippen molar-refractivity contribution in [2.24, 2.45) is 5.14 Å². The van der Waals surface area contributed by atoms with Crippen molar-refractivity contribution in [3.05, 3.63) is 59.8 Å². The summed E-state index contributed by atoms with van der Waals surface area (Å²) in [5.41, 5.74) is -0.804. The SMILES string of the molecule is Cc1ccc(-c2c(S(C)(=O)=O)c(C(F)(F)F)nn2-c2ccc(S(N)(=O)=O)cc2)cc1. The molecule has 0 fully saturated rings. The van der Waals surface area contributed by atoms with E-state index in [0.717, 1.165) is 22.4 Å². The highest BCUT2D eigenvalue weighted by molar-refractivity contribution is 7.91. The zero-order valence-corrected chi connectivity index (χ0v) is 17.3. The summed E-state index contributed by atoms with van der Waals surface area (Å²) in [5.74, 6) is 0. The van der Waals surface area contributed by atoms with Crippen LogP contribution >= 0.6 is 0 Å². The fourth-order valence-corrected chi connectivity index (χ4v) is 4.45. The van der Waals surface area contributed by atoms with Crippen LogP contribution in [-0.4, -0.2) is 32.9 Å². The lowest BCUT2D eigenvalue weighted by Crippen LogP contribution is -2.12. The van der Waals surface area contributed by atoms with Gasteiger partial charge in [0.05, 0.1) is 16.3 Å². The number of rotatable bonds is 4. The van der Waals surface area contributed by atoms with Crippen LogP contribution in [0.3, 0.4) is 0 Å². The van der Waals surface area contributed by atoms with Crippen LogP contribution in [0.5, 0.6) is 0 Å². The molecule has 0 amide bonds. The lowest BCUT2D eigenvalue weighted by Gasteiger charge is -2.10. The first-order valence-electron chi connectivity index (χ1n) is 8.30. The zero-order chi connectivity index (χ0) is 22.5. The minimum Gasteiger partial charge on any atom is -0.231 e. The van der Waals surface area contributed by atoms with Crippen LogP contribution in [0.15, 0.2) is 58.3 Å². The van der Waals surface area contributed by atoms with Gasteiger partial charge in [-0.15, -0.1) is 0 Å². The van der Waals surface area contributed by atoms with Gasteiger partial charge in [-0.2, -0.15) is 18.3 Å². The summed E-state index contributed by atoms with van der Waals surface area (Å²) >= 11 is 0. The first-order chi connectivity index (χ1) is 13.7. The Hall–Kier alpha value is -2.70. The molecule has 2 N–H and O–H groups in total. The van der Waals surface area contributed by atoms with E-state index in [4.69, 9.17) is 5.14 Å². The number of sulfonamides is 1. The van der Waals surface area contributed by atoms with Crippen LogP contribution in [0.2, 0.25) is 0 Å². The molecule has 160 valence electrons. The number of alkyl halides is 3. The number of hydrogen-bond acceptors (Lipinski definition) is 5. The standard InChI is InChI=1S/C18H16F3N3O4S2/c1-11-3-5-12(6-4-11)15-16(29(2,25)26)17(18(19,20)21)23-24(15)13-7-9-14(10-8-13)30(22,27)28/h3-10H,1-2H3,(H2,22,27,28). The van der Waals surface area contributed by atoms with Gasteiger partial charge in [-0.1, -0.05) is 29.8 Å².